The van der Waals surface area contributed by atoms with Crippen LogP contribution in [-0.4, -0.2) is 33.8 Å². The number of ether oxygens (including phenoxy) is 1. The van der Waals surface area contributed by atoms with Crippen molar-refractivity contribution in [3.63, 3.8) is 0 Å². The maximum absolute atomic E-state index is 10.3. The Hall–Kier alpha value is -1.14. The van der Waals surface area contributed by atoms with E-state index < -0.39 is 4.92 Å². The molecule has 0 aliphatic rings. The number of hydrogen-bond acceptors (Lipinski definition) is 4. The molecular weight excluding hydrogens is 210 g/mol. The molecule has 0 aliphatic carbocycles. The van der Waals surface area contributed by atoms with Crippen molar-refractivity contribution < 1.29 is 9.66 Å². The van der Waals surface area contributed by atoms with E-state index in [1.54, 1.807) is 6.20 Å². The van der Waals surface area contributed by atoms with Gasteiger partial charge in [0.2, 0.25) is 0 Å². The predicted molar refractivity (Wildman–Crippen MR) is 50.4 cm³/mol. The van der Waals surface area contributed by atoms with E-state index in [4.69, 9.17) is 16.3 Å². The average Bonchev–Trinajstić information content (AvgIpc) is 2.61. The van der Waals surface area contributed by atoms with Gasteiger partial charge >= 0.3 is 5.82 Å². The quantitative estimate of drug-likeness (QED) is 0.310. The van der Waals surface area contributed by atoms with E-state index >= 15 is 0 Å². The first-order chi connectivity index (χ1) is 6.74. The Morgan fingerprint density at radius 2 is 2.43 bits per heavy atom. The molecule has 0 aromatic carbocycles. The molecule has 0 bridgehead atoms. The van der Waals surface area contributed by atoms with Crippen molar-refractivity contribution in [2.24, 2.45) is 0 Å². The molecule has 7 heteroatoms. The third kappa shape index (κ3) is 3.31. The Bertz CT molecular complexity index is 302. The zero-order valence-electron chi connectivity index (χ0n) is 7.43. The Labute approximate surface area is 85.6 Å². The summed E-state index contributed by atoms with van der Waals surface area (Å²) in [4.78, 5) is 9.74. The molecule has 0 atom stereocenters. The topological polar surface area (TPSA) is 70.2 Å². The van der Waals surface area contributed by atoms with Crippen LogP contribution in [0.25, 0.3) is 0 Å². The summed E-state index contributed by atoms with van der Waals surface area (Å²) in [5.74, 6) is 0.293. The highest BCUT2D eigenvalue weighted by Crippen LogP contribution is 2.04. The predicted octanol–water partition coefficient (Wildman–Crippen LogP) is 1.05. The molecular formula is C7H10ClN3O3. The monoisotopic (exact) mass is 219 g/mol. The van der Waals surface area contributed by atoms with Gasteiger partial charge in [-0.2, -0.15) is 4.68 Å². The van der Waals surface area contributed by atoms with Crippen molar-refractivity contribution >= 4 is 17.4 Å². The smallest absolute Gasteiger partial charge is 0.378 e. The third-order valence-corrected chi connectivity index (χ3v) is 1.65. The first kappa shape index (κ1) is 10.9. The molecule has 1 aromatic heterocycles. The Kier molecular flexibility index (Phi) is 4.34. The molecule has 0 saturated heterocycles. The number of aromatic nitrogens is 2. The summed E-state index contributed by atoms with van der Waals surface area (Å²) in [6.07, 6.45) is 1.54. The van der Waals surface area contributed by atoms with E-state index in [9.17, 15) is 10.1 Å². The fourth-order valence-electron chi connectivity index (χ4n) is 0.888. The summed E-state index contributed by atoms with van der Waals surface area (Å²) < 4.78 is 6.56. The first-order valence-electron chi connectivity index (χ1n) is 4.05. The van der Waals surface area contributed by atoms with Crippen molar-refractivity contribution in [3.8, 4) is 0 Å². The van der Waals surface area contributed by atoms with Gasteiger partial charge in [-0.3, -0.25) is 0 Å². The summed E-state index contributed by atoms with van der Waals surface area (Å²) in [6, 6.07) is 1.35. The summed E-state index contributed by atoms with van der Waals surface area (Å²) >= 11 is 5.39. The number of rotatable bonds is 6. The van der Waals surface area contributed by atoms with Gasteiger partial charge in [-0.1, -0.05) is 0 Å². The Balaban J connectivity index is 2.33. The van der Waals surface area contributed by atoms with E-state index in [1.807, 2.05) is 0 Å². The van der Waals surface area contributed by atoms with Gasteiger partial charge in [-0.15, -0.1) is 11.6 Å². The molecule has 0 radical (unpaired) electrons. The van der Waals surface area contributed by atoms with Crippen LogP contribution in [0.3, 0.4) is 0 Å². The van der Waals surface area contributed by atoms with Crippen LogP contribution in [0.2, 0.25) is 0 Å². The lowest BCUT2D eigenvalue weighted by Crippen LogP contribution is -2.08. The minimum atomic E-state index is -0.532. The lowest BCUT2D eigenvalue weighted by atomic mass is 10.6. The van der Waals surface area contributed by atoms with Gasteiger partial charge in [0, 0.05) is 5.88 Å². The second-order valence-electron chi connectivity index (χ2n) is 2.50. The molecule has 0 fully saturated rings. The van der Waals surface area contributed by atoms with Crippen molar-refractivity contribution in [1.29, 1.82) is 0 Å². The highest BCUT2D eigenvalue weighted by molar-refractivity contribution is 6.17. The maximum Gasteiger partial charge on any atom is 0.389 e. The zero-order valence-corrected chi connectivity index (χ0v) is 8.18. The lowest BCUT2D eigenvalue weighted by Gasteiger charge is -1.98. The van der Waals surface area contributed by atoms with Crippen LogP contribution in [0.1, 0.15) is 0 Å². The summed E-state index contributed by atoms with van der Waals surface area (Å²) in [5.41, 5.74) is 0. The van der Waals surface area contributed by atoms with E-state index in [0.29, 0.717) is 25.6 Å². The number of hydrogen-bond donors (Lipinski definition) is 0. The minimum absolute atomic E-state index is 0.151. The summed E-state index contributed by atoms with van der Waals surface area (Å²) in [6.45, 7) is 1.42. The average molecular weight is 220 g/mol. The Morgan fingerprint density at radius 1 is 1.64 bits per heavy atom. The maximum atomic E-state index is 10.3. The van der Waals surface area contributed by atoms with Gasteiger partial charge in [-0.25, -0.2) is 0 Å². The van der Waals surface area contributed by atoms with Crippen LogP contribution in [0.5, 0.6) is 0 Å². The fraction of sp³-hybridized carbons (Fsp3) is 0.571. The van der Waals surface area contributed by atoms with Crippen LogP contribution in [-0.2, 0) is 11.3 Å². The second kappa shape index (κ2) is 5.56. The van der Waals surface area contributed by atoms with E-state index in [2.05, 4.69) is 5.10 Å². The standard InChI is InChI=1S/C7H10ClN3O3/c8-2-5-14-6-4-10-3-1-7(9-10)11(12)13/h1,3H,2,4-6H2. The van der Waals surface area contributed by atoms with Gasteiger partial charge < -0.3 is 14.9 Å². The van der Waals surface area contributed by atoms with Crippen molar-refractivity contribution in [2.45, 2.75) is 6.54 Å². The molecule has 6 nitrogen and oxygen atoms in total. The summed E-state index contributed by atoms with van der Waals surface area (Å²) in [7, 11) is 0. The van der Waals surface area contributed by atoms with Crippen LogP contribution in [0.15, 0.2) is 12.3 Å². The Morgan fingerprint density at radius 3 is 3.00 bits per heavy atom. The van der Waals surface area contributed by atoms with Crippen LogP contribution < -0.4 is 0 Å². The highest BCUT2D eigenvalue weighted by atomic mass is 35.5. The van der Waals surface area contributed by atoms with Crippen LogP contribution in [0.4, 0.5) is 5.82 Å². The number of nitrogens with zero attached hydrogens (tertiary/aromatic N) is 3. The van der Waals surface area contributed by atoms with E-state index in [1.165, 1.54) is 10.7 Å². The van der Waals surface area contributed by atoms with Crippen molar-refractivity contribution in [2.75, 3.05) is 19.1 Å². The number of nitro groups is 1. The summed E-state index contributed by atoms with van der Waals surface area (Å²) in [5, 5.41) is 14.0. The largest absolute Gasteiger partial charge is 0.389 e. The molecule has 14 heavy (non-hydrogen) atoms. The van der Waals surface area contributed by atoms with Gasteiger partial charge in [0.05, 0.1) is 37.1 Å². The molecule has 0 aliphatic heterocycles. The molecule has 1 heterocycles. The van der Waals surface area contributed by atoms with Gasteiger partial charge in [0.15, 0.2) is 0 Å². The van der Waals surface area contributed by atoms with Crippen LogP contribution >= 0.6 is 11.6 Å². The molecule has 0 N–H and O–H groups in total. The lowest BCUT2D eigenvalue weighted by molar-refractivity contribution is -0.389. The molecule has 1 rings (SSSR count). The van der Waals surface area contributed by atoms with Crippen LogP contribution in [0, 0.1) is 10.1 Å². The van der Waals surface area contributed by atoms with Gasteiger partial charge in [0.25, 0.3) is 0 Å². The first-order valence-corrected chi connectivity index (χ1v) is 4.59. The SMILES string of the molecule is O=[N+]([O-])c1ccn(CCOCCCl)n1. The third-order valence-electron chi connectivity index (χ3n) is 1.50. The van der Waals surface area contributed by atoms with Gasteiger partial charge in [0.1, 0.15) is 0 Å². The van der Waals surface area contributed by atoms with Crippen molar-refractivity contribution in [1.82, 2.24) is 9.78 Å². The van der Waals surface area contributed by atoms with Crippen molar-refractivity contribution in [3.05, 3.63) is 22.4 Å². The molecule has 78 valence electrons. The molecule has 0 amide bonds. The van der Waals surface area contributed by atoms with E-state index in [-0.39, 0.29) is 5.82 Å². The minimum Gasteiger partial charge on any atom is -0.378 e. The number of halogens is 1. The second-order valence-corrected chi connectivity index (χ2v) is 2.87. The zero-order chi connectivity index (χ0) is 10.4. The highest BCUT2D eigenvalue weighted by Gasteiger charge is 2.09. The molecule has 1 aromatic rings. The van der Waals surface area contributed by atoms with Gasteiger partial charge in [-0.05, 0) is 4.92 Å². The fourth-order valence-corrected chi connectivity index (χ4v) is 0.997. The molecule has 0 saturated carbocycles. The molecule has 0 unspecified atom stereocenters. The normalized spacial score (nSPS) is 10.4. The van der Waals surface area contributed by atoms with E-state index in [0.717, 1.165) is 0 Å². The number of alkyl halides is 1. The molecule has 0 spiro atoms.